The van der Waals surface area contributed by atoms with Crippen molar-refractivity contribution in [1.82, 2.24) is 9.97 Å². The van der Waals surface area contributed by atoms with E-state index in [1.54, 1.807) is 6.20 Å². The predicted molar refractivity (Wildman–Crippen MR) is 48.8 cm³/mol. The second kappa shape index (κ2) is 3.46. The Labute approximate surface area is 80.6 Å². The number of hydrogen-bond acceptors (Lipinski definition) is 3. The maximum atomic E-state index is 12.8. The van der Waals surface area contributed by atoms with Crippen LogP contribution in [0.3, 0.4) is 0 Å². The Bertz CT molecular complexity index is 307. The number of aromatic nitrogens is 2. The van der Waals surface area contributed by atoms with Crippen LogP contribution < -0.4 is 4.90 Å². The van der Waals surface area contributed by atoms with Crippen molar-refractivity contribution in [2.75, 3.05) is 18.0 Å². The lowest BCUT2D eigenvalue weighted by Gasteiger charge is -2.15. The second-order valence-electron chi connectivity index (χ2n) is 3.03. The van der Waals surface area contributed by atoms with Crippen molar-refractivity contribution in [2.24, 2.45) is 0 Å². The molecule has 0 aliphatic carbocycles. The molecule has 0 saturated carbocycles. The summed E-state index contributed by atoms with van der Waals surface area (Å²) in [4.78, 5) is 9.80. The van der Waals surface area contributed by atoms with E-state index < -0.39 is 6.17 Å². The molecule has 1 atom stereocenters. The van der Waals surface area contributed by atoms with Gasteiger partial charge in [-0.05, 0) is 6.42 Å². The third-order valence-electron chi connectivity index (χ3n) is 2.05. The molecule has 0 spiro atoms. The average Bonchev–Trinajstić information content (AvgIpc) is 2.52. The quantitative estimate of drug-likeness (QED) is 0.692. The summed E-state index contributed by atoms with van der Waals surface area (Å²) in [6, 6.07) is 0. The molecule has 1 aromatic rings. The first-order chi connectivity index (χ1) is 6.25. The highest BCUT2D eigenvalue weighted by Crippen LogP contribution is 2.19. The van der Waals surface area contributed by atoms with Crippen LogP contribution in [0.1, 0.15) is 6.42 Å². The molecule has 70 valence electrons. The SMILES string of the molecule is F[C@H]1CCN(c2cncc(Cl)n2)C1. The fraction of sp³-hybridized carbons (Fsp3) is 0.500. The minimum Gasteiger partial charge on any atom is -0.352 e. The van der Waals surface area contributed by atoms with E-state index >= 15 is 0 Å². The summed E-state index contributed by atoms with van der Waals surface area (Å²) in [5.74, 6) is 0.660. The van der Waals surface area contributed by atoms with Gasteiger partial charge in [0.1, 0.15) is 17.1 Å². The Morgan fingerprint density at radius 2 is 2.38 bits per heavy atom. The van der Waals surface area contributed by atoms with E-state index in [1.807, 2.05) is 4.90 Å². The number of rotatable bonds is 1. The van der Waals surface area contributed by atoms with Crippen molar-refractivity contribution in [3.05, 3.63) is 17.5 Å². The highest BCUT2D eigenvalue weighted by Gasteiger charge is 2.22. The molecular weight excluding hydrogens is 193 g/mol. The zero-order valence-corrected chi connectivity index (χ0v) is 7.71. The van der Waals surface area contributed by atoms with Crippen LogP contribution in [0.15, 0.2) is 12.4 Å². The Morgan fingerprint density at radius 1 is 1.54 bits per heavy atom. The second-order valence-corrected chi connectivity index (χ2v) is 3.42. The molecule has 0 radical (unpaired) electrons. The van der Waals surface area contributed by atoms with Gasteiger partial charge in [-0.2, -0.15) is 0 Å². The predicted octanol–water partition coefficient (Wildman–Crippen LogP) is 1.68. The number of nitrogens with zero attached hydrogens (tertiary/aromatic N) is 3. The van der Waals surface area contributed by atoms with Gasteiger partial charge in [-0.3, -0.25) is 4.98 Å². The maximum Gasteiger partial charge on any atom is 0.149 e. The molecule has 0 amide bonds. The normalized spacial score (nSPS) is 22.3. The van der Waals surface area contributed by atoms with Gasteiger partial charge in [0.25, 0.3) is 0 Å². The van der Waals surface area contributed by atoms with Crippen molar-refractivity contribution in [2.45, 2.75) is 12.6 Å². The van der Waals surface area contributed by atoms with Crippen LogP contribution in [0.2, 0.25) is 5.15 Å². The molecular formula is C8H9ClFN3. The van der Waals surface area contributed by atoms with Crippen molar-refractivity contribution >= 4 is 17.4 Å². The summed E-state index contributed by atoms with van der Waals surface area (Å²) >= 11 is 5.67. The first-order valence-corrected chi connectivity index (χ1v) is 4.50. The molecule has 1 aromatic heterocycles. The van der Waals surface area contributed by atoms with E-state index in [2.05, 4.69) is 9.97 Å². The van der Waals surface area contributed by atoms with Gasteiger partial charge in [0.2, 0.25) is 0 Å². The van der Waals surface area contributed by atoms with Crippen molar-refractivity contribution < 1.29 is 4.39 Å². The summed E-state index contributed by atoms with van der Waals surface area (Å²) in [7, 11) is 0. The molecule has 0 aromatic carbocycles. The Balaban J connectivity index is 2.16. The molecule has 0 N–H and O–H groups in total. The third-order valence-corrected chi connectivity index (χ3v) is 2.23. The lowest BCUT2D eigenvalue weighted by atomic mass is 10.3. The number of anilines is 1. The molecule has 0 bridgehead atoms. The lowest BCUT2D eigenvalue weighted by Crippen LogP contribution is -2.21. The van der Waals surface area contributed by atoms with Crippen LogP contribution in [-0.2, 0) is 0 Å². The van der Waals surface area contributed by atoms with Crippen molar-refractivity contribution in [3.8, 4) is 0 Å². The zero-order valence-electron chi connectivity index (χ0n) is 6.95. The monoisotopic (exact) mass is 201 g/mol. The van der Waals surface area contributed by atoms with Crippen LogP contribution in [0.5, 0.6) is 0 Å². The number of halogens is 2. The van der Waals surface area contributed by atoms with E-state index in [9.17, 15) is 4.39 Å². The zero-order chi connectivity index (χ0) is 9.26. The van der Waals surface area contributed by atoms with Crippen LogP contribution in [0.4, 0.5) is 10.2 Å². The molecule has 3 nitrogen and oxygen atoms in total. The molecule has 1 saturated heterocycles. The summed E-state index contributed by atoms with van der Waals surface area (Å²) in [6.07, 6.45) is 2.88. The highest BCUT2D eigenvalue weighted by molar-refractivity contribution is 6.29. The highest BCUT2D eigenvalue weighted by atomic mass is 35.5. The smallest absolute Gasteiger partial charge is 0.149 e. The molecule has 5 heteroatoms. The van der Waals surface area contributed by atoms with Gasteiger partial charge >= 0.3 is 0 Å². The summed E-state index contributed by atoms with van der Waals surface area (Å²) in [5.41, 5.74) is 0. The summed E-state index contributed by atoms with van der Waals surface area (Å²) in [5, 5.41) is 0.347. The van der Waals surface area contributed by atoms with E-state index in [0.29, 0.717) is 30.5 Å². The molecule has 1 aliphatic rings. The fourth-order valence-corrected chi connectivity index (χ4v) is 1.55. The third kappa shape index (κ3) is 1.88. The van der Waals surface area contributed by atoms with Gasteiger partial charge in [0, 0.05) is 6.54 Å². The molecule has 13 heavy (non-hydrogen) atoms. The number of alkyl halides is 1. The number of hydrogen-bond donors (Lipinski definition) is 0. The fourth-order valence-electron chi connectivity index (χ4n) is 1.41. The van der Waals surface area contributed by atoms with E-state index in [0.717, 1.165) is 0 Å². The van der Waals surface area contributed by atoms with E-state index in [4.69, 9.17) is 11.6 Å². The minimum atomic E-state index is -0.749. The molecule has 2 rings (SSSR count). The van der Waals surface area contributed by atoms with Crippen LogP contribution in [-0.4, -0.2) is 29.2 Å². The average molecular weight is 202 g/mol. The van der Waals surface area contributed by atoms with Gasteiger partial charge < -0.3 is 4.90 Å². The minimum absolute atomic E-state index is 0.347. The van der Waals surface area contributed by atoms with Crippen LogP contribution in [0.25, 0.3) is 0 Å². The van der Waals surface area contributed by atoms with E-state index in [1.165, 1.54) is 6.20 Å². The van der Waals surface area contributed by atoms with Crippen LogP contribution in [0, 0.1) is 0 Å². The van der Waals surface area contributed by atoms with Gasteiger partial charge in [-0.25, -0.2) is 9.37 Å². The van der Waals surface area contributed by atoms with Gasteiger partial charge in [0.15, 0.2) is 0 Å². The lowest BCUT2D eigenvalue weighted by molar-refractivity contribution is 0.364. The first-order valence-electron chi connectivity index (χ1n) is 4.12. The summed E-state index contributed by atoms with van der Waals surface area (Å²) < 4.78 is 12.8. The van der Waals surface area contributed by atoms with Gasteiger partial charge in [-0.15, -0.1) is 0 Å². The summed E-state index contributed by atoms with van der Waals surface area (Å²) in [6.45, 7) is 1.09. The maximum absolute atomic E-state index is 12.8. The Hall–Kier alpha value is -0.900. The molecule has 2 heterocycles. The Morgan fingerprint density at radius 3 is 3.00 bits per heavy atom. The standard InChI is InChI=1S/C8H9ClFN3/c9-7-3-11-4-8(12-7)13-2-1-6(10)5-13/h3-4,6H,1-2,5H2/t6-/m0/s1. The topological polar surface area (TPSA) is 29.0 Å². The Kier molecular flexibility index (Phi) is 2.31. The molecule has 1 fully saturated rings. The van der Waals surface area contributed by atoms with Gasteiger partial charge in [0.05, 0.1) is 18.9 Å². The van der Waals surface area contributed by atoms with Gasteiger partial charge in [-0.1, -0.05) is 11.6 Å². The van der Waals surface area contributed by atoms with E-state index in [-0.39, 0.29) is 0 Å². The molecule has 1 aliphatic heterocycles. The first kappa shape index (κ1) is 8.69. The van der Waals surface area contributed by atoms with Crippen molar-refractivity contribution in [1.29, 1.82) is 0 Å². The van der Waals surface area contributed by atoms with Crippen LogP contribution >= 0.6 is 11.6 Å². The molecule has 0 unspecified atom stereocenters. The van der Waals surface area contributed by atoms with Crippen molar-refractivity contribution in [3.63, 3.8) is 0 Å². The largest absolute Gasteiger partial charge is 0.352 e.